The Kier molecular flexibility index (Phi) is 10.5. The van der Waals surface area contributed by atoms with E-state index >= 15 is 0 Å². The molecule has 0 bridgehead atoms. The molecule has 0 aliphatic carbocycles. The average molecular weight is 589 g/mol. The van der Waals surface area contributed by atoms with E-state index in [2.05, 4.69) is 5.32 Å². The number of hydrogen-bond acceptors (Lipinski definition) is 8. The molecule has 0 saturated carbocycles. The van der Waals surface area contributed by atoms with Crippen molar-refractivity contribution in [2.24, 2.45) is 0 Å². The Balaban J connectivity index is 1.18. The maximum absolute atomic E-state index is 13.2. The standard InChI is InChI=1S/C34H40N2O7/c1-38-30-12-7-4-9-24(30)22-41-17-8-18-42-26-14-16-36(33(37)20-26)29-13-15-35-21-32(29)43-23-25-19-31(39-2)27-10-5-6-11-28(27)34(25)40-3/h4-7,9-12,14,16,19-20,29,32,35H,8,13,15,17-18,21-23H2,1-3H3/t29-,32-/m1/s1. The van der Waals surface area contributed by atoms with Crippen LogP contribution < -0.4 is 29.8 Å². The van der Waals surface area contributed by atoms with Crippen molar-refractivity contribution in [3.8, 4) is 23.0 Å². The first-order chi connectivity index (χ1) is 21.1. The van der Waals surface area contributed by atoms with Gasteiger partial charge in [0.2, 0.25) is 0 Å². The van der Waals surface area contributed by atoms with Gasteiger partial charge in [0.05, 0.1) is 59.9 Å². The third-order valence-corrected chi connectivity index (χ3v) is 7.73. The minimum atomic E-state index is -0.208. The van der Waals surface area contributed by atoms with Crippen LogP contribution in [0.5, 0.6) is 23.0 Å². The minimum absolute atomic E-state index is 0.112. The molecular formula is C34H40N2O7. The molecule has 9 heteroatoms. The Bertz CT molecular complexity index is 1550. The second-order valence-corrected chi connectivity index (χ2v) is 10.4. The lowest BCUT2D eigenvalue weighted by Crippen LogP contribution is -2.45. The lowest BCUT2D eigenvalue weighted by molar-refractivity contribution is -0.00916. The third kappa shape index (κ3) is 7.30. The van der Waals surface area contributed by atoms with Crippen molar-refractivity contribution in [3.63, 3.8) is 0 Å². The van der Waals surface area contributed by atoms with E-state index in [0.29, 0.717) is 45.1 Å². The van der Waals surface area contributed by atoms with Gasteiger partial charge in [0.25, 0.3) is 5.56 Å². The highest BCUT2D eigenvalue weighted by Gasteiger charge is 2.28. The second kappa shape index (κ2) is 14.9. The number of piperidine rings is 1. The van der Waals surface area contributed by atoms with E-state index in [1.54, 1.807) is 32.0 Å². The number of ether oxygens (including phenoxy) is 6. The van der Waals surface area contributed by atoms with Gasteiger partial charge in [0, 0.05) is 47.1 Å². The second-order valence-electron chi connectivity index (χ2n) is 10.4. The number of hydrogen-bond donors (Lipinski definition) is 1. The predicted molar refractivity (Wildman–Crippen MR) is 166 cm³/mol. The number of nitrogens with one attached hydrogen (secondary N) is 1. The fraction of sp³-hybridized carbons (Fsp3) is 0.382. The Morgan fingerprint density at radius 1 is 0.837 bits per heavy atom. The van der Waals surface area contributed by atoms with Crippen LogP contribution >= 0.6 is 0 Å². The van der Waals surface area contributed by atoms with E-state index in [0.717, 1.165) is 52.1 Å². The van der Waals surface area contributed by atoms with Crippen LogP contribution in [0.1, 0.15) is 30.0 Å². The van der Waals surface area contributed by atoms with Gasteiger partial charge in [0.1, 0.15) is 23.0 Å². The Labute approximate surface area is 252 Å². The topological polar surface area (TPSA) is 89.4 Å². The predicted octanol–water partition coefficient (Wildman–Crippen LogP) is 5.13. The molecule has 0 spiro atoms. The van der Waals surface area contributed by atoms with Gasteiger partial charge in [-0.2, -0.15) is 0 Å². The first-order valence-corrected chi connectivity index (χ1v) is 14.6. The van der Waals surface area contributed by atoms with Crippen LogP contribution in [0.4, 0.5) is 0 Å². The van der Waals surface area contributed by atoms with Crippen molar-refractivity contribution in [3.05, 3.63) is 94.4 Å². The van der Waals surface area contributed by atoms with E-state index in [9.17, 15) is 4.79 Å². The summed E-state index contributed by atoms with van der Waals surface area (Å²) >= 11 is 0. The Morgan fingerprint density at radius 3 is 2.42 bits per heavy atom. The molecule has 1 aliphatic rings. The van der Waals surface area contributed by atoms with Crippen molar-refractivity contribution >= 4 is 10.8 Å². The van der Waals surface area contributed by atoms with Crippen LogP contribution in [-0.2, 0) is 22.7 Å². The molecule has 3 aromatic carbocycles. The highest BCUT2D eigenvalue weighted by atomic mass is 16.5. The van der Waals surface area contributed by atoms with Gasteiger partial charge in [-0.15, -0.1) is 0 Å². The molecule has 228 valence electrons. The number of benzene rings is 3. The van der Waals surface area contributed by atoms with Gasteiger partial charge >= 0.3 is 0 Å². The summed E-state index contributed by atoms with van der Waals surface area (Å²) in [5.41, 5.74) is 1.78. The monoisotopic (exact) mass is 588 g/mol. The van der Waals surface area contributed by atoms with Crippen LogP contribution in [-0.4, -0.2) is 58.3 Å². The lowest BCUT2D eigenvalue weighted by Gasteiger charge is -2.33. The van der Waals surface area contributed by atoms with Crippen LogP contribution in [0.25, 0.3) is 10.8 Å². The Morgan fingerprint density at radius 2 is 1.63 bits per heavy atom. The van der Waals surface area contributed by atoms with Crippen LogP contribution in [0.15, 0.2) is 77.7 Å². The van der Waals surface area contributed by atoms with Gasteiger partial charge in [0.15, 0.2) is 0 Å². The molecule has 0 radical (unpaired) electrons. The van der Waals surface area contributed by atoms with E-state index in [-0.39, 0.29) is 17.7 Å². The fourth-order valence-corrected chi connectivity index (χ4v) is 5.58. The van der Waals surface area contributed by atoms with Crippen molar-refractivity contribution in [2.45, 2.75) is 38.2 Å². The van der Waals surface area contributed by atoms with Gasteiger partial charge in [-0.1, -0.05) is 42.5 Å². The number of methoxy groups -OCH3 is 3. The zero-order valence-corrected chi connectivity index (χ0v) is 25.0. The van der Waals surface area contributed by atoms with Crippen LogP contribution in [0, 0.1) is 0 Å². The number of nitrogens with zero attached hydrogens (tertiary/aromatic N) is 1. The molecule has 0 amide bonds. The molecule has 1 N–H and O–H groups in total. The quantitative estimate of drug-likeness (QED) is 0.203. The number of fused-ring (bicyclic) bond motifs is 1. The Hall–Kier alpha value is -4.05. The fourth-order valence-electron chi connectivity index (χ4n) is 5.58. The normalized spacial score (nSPS) is 16.6. The summed E-state index contributed by atoms with van der Waals surface area (Å²) in [6.07, 6.45) is 3.07. The largest absolute Gasteiger partial charge is 0.496 e. The van der Waals surface area contributed by atoms with Gasteiger partial charge < -0.3 is 38.3 Å². The molecule has 4 aromatic rings. The van der Waals surface area contributed by atoms with E-state index < -0.39 is 0 Å². The highest BCUT2D eigenvalue weighted by Crippen LogP contribution is 2.37. The SMILES string of the molecule is COc1ccccc1COCCCOc1ccn([C@@H]2CCNC[C@H]2OCc2cc(OC)c3ccccc3c2OC)c(=O)c1. The van der Waals surface area contributed by atoms with E-state index in [4.69, 9.17) is 28.4 Å². The van der Waals surface area contributed by atoms with Crippen molar-refractivity contribution in [1.29, 1.82) is 0 Å². The minimum Gasteiger partial charge on any atom is -0.496 e. The highest BCUT2D eigenvalue weighted by molar-refractivity contribution is 5.94. The summed E-state index contributed by atoms with van der Waals surface area (Å²) in [5.74, 6) is 2.89. The summed E-state index contributed by atoms with van der Waals surface area (Å²) in [7, 11) is 4.98. The molecule has 43 heavy (non-hydrogen) atoms. The molecule has 1 aliphatic heterocycles. The summed E-state index contributed by atoms with van der Waals surface area (Å²) in [6.45, 7) is 3.22. The maximum atomic E-state index is 13.2. The van der Waals surface area contributed by atoms with Crippen molar-refractivity contribution in [2.75, 3.05) is 47.6 Å². The van der Waals surface area contributed by atoms with Gasteiger partial charge in [-0.25, -0.2) is 0 Å². The molecule has 9 nitrogen and oxygen atoms in total. The number of para-hydroxylation sites is 1. The maximum Gasteiger partial charge on any atom is 0.254 e. The van der Waals surface area contributed by atoms with E-state index in [1.807, 2.05) is 66.9 Å². The molecule has 5 rings (SSSR count). The van der Waals surface area contributed by atoms with Gasteiger partial charge in [-0.05, 0) is 31.2 Å². The molecule has 2 heterocycles. The van der Waals surface area contributed by atoms with Crippen molar-refractivity contribution < 1.29 is 28.4 Å². The zero-order valence-electron chi connectivity index (χ0n) is 25.0. The molecular weight excluding hydrogens is 548 g/mol. The summed E-state index contributed by atoms with van der Waals surface area (Å²) in [5, 5.41) is 5.36. The smallest absolute Gasteiger partial charge is 0.254 e. The molecule has 0 unspecified atom stereocenters. The number of pyridine rings is 1. The number of rotatable bonds is 14. The summed E-state index contributed by atoms with van der Waals surface area (Å²) in [6, 6.07) is 21.0. The lowest BCUT2D eigenvalue weighted by atomic mass is 10.0. The number of aromatic nitrogens is 1. The van der Waals surface area contributed by atoms with E-state index in [1.165, 1.54) is 0 Å². The third-order valence-electron chi connectivity index (χ3n) is 7.73. The zero-order chi connectivity index (χ0) is 30.0. The molecule has 1 aromatic heterocycles. The van der Waals surface area contributed by atoms with Crippen molar-refractivity contribution in [1.82, 2.24) is 9.88 Å². The first kappa shape index (κ1) is 30.4. The molecule has 2 atom stereocenters. The summed E-state index contributed by atoms with van der Waals surface area (Å²) < 4.78 is 36.6. The molecule has 1 saturated heterocycles. The first-order valence-electron chi connectivity index (χ1n) is 14.6. The van der Waals surface area contributed by atoms with Crippen LogP contribution in [0.3, 0.4) is 0 Å². The summed E-state index contributed by atoms with van der Waals surface area (Å²) in [4.78, 5) is 13.2. The van der Waals surface area contributed by atoms with Crippen LogP contribution in [0.2, 0.25) is 0 Å². The average Bonchev–Trinajstić information content (AvgIpc) is 3.05. The molecule has 1 fully saturated rings. The van der Waals surface area contributed by atoms with Gasteiger partial charge in [-0.3, -0.25) is 4.79 Å².